The van der Waals surface area contributed by atoms with Gasteiger partial charge in [0.2, 0.25) is 94.5 Å². The van der Waals surface area contributed by atoms with E-state index >= 15 is 9.59 Å². The van der Waals surface area contributed by atoms with Crippen molar-refractivity contribution in [1.29, 1.82) is 5.41 Å². The van der Waals surface area contributed by atoms with Crippen molar-refractivity contribution in [2.24, 2.45) is 41.1 Å². The van der Waals surface area contributed by atoms with Crippen molar-refractivity contribution in [3.8, 4) is 0 Å². The van der Waals surface area contributed by atoms with Crippen molar-refractivity contribution >= 4 is 149 Å². The molecule has 0 saturated heterocycles. The number of carboxylic acid groups (broad SMARTS) is 2. The van der Waals surface area contributed by atoms with Gasteiger partial charge in [-0.05, 0) is 107 Å². The lowest BCUT2D eigenvalue weighted by atomic mass is 9.98. The molecule has 696 valence electrons. The minimum atomic E-state index is -1.76. The standard InChI is InChI=1S/C79H127N23O21S2/c1-36(2)24-52(70(114)95-53(25-37(3)4)71(115)99-57(32-103)75(119)90-42(12)63(107)89-43(13)65(109)94-56(28-46-30-83-35-87-46)73(117)100-58(34-125)78(122)123)96-72(116)55(27-45-29-85-49-19-16-15-18-47(45)49)97-68(112)50(20-17-23-84-79(81)82)93-69(113)51(21-22-60(105)106)92-64(108)44(14)91-76(120)61(39(7)8)102-74(118)54(26-38(5)6)98-77(121)62(40(9)10)101-66(110)41(11)88-59(104)31-86-67(111)48(80)33-124/h15-16,18-19,29-30,35-44,48,50-58,61-62,85,103,124-125H,17,20-28,31-34,80H2,1-14H3,(H,83,87)(H,86,111)(H,88,104)(H,89,107)(H,90,119)(H,91,120)(H,92,108)(H,93,113)(H,94,109)(H,95,114)(H,96,116)(H,97,112)(H,98,121)(H,99,115)(H,100,117)(H,101,110)(H,102,118)(H,105,106)(H,122,123)(H4,81,82,84)/t41-,42-,43-,44-,48-,50-,51-,52-,53-,54-,55-,56-,57-,58-,61-,62-/m0/s1. The minimum absolute atomic E-state index is 0.0101. The number of hydrogen-bond acceptors (Lipinski definition) is 24. The predicted molar refractivity (Wildman–Crippen MR) is 463 cm³/mol. The number of imidazole rings is 1. The molecule has 1 aromatic carbocycles. The molecule has 3 aromatic rings. The maximum absolute atomic E-state index is 15.1. The van der Waals surface area contributed by atoms with Crippen molar-refractivity contribution in [2.45, 2.75) is 251 Å². The third-order valence-electron chi connectivity index (χ3n) is 19.4. The van der Waals surface area contributed by atoms with E-state index in [-0.39, 0.29) is 80.7 Å². The molecule has 0 bridgehead atoms. The summed E-state index contributed by atoms with van der Waals surface area (Å²) < 4.78 is 0. The molecule has 0 aliphatic rings. The molecule has 16 amide bonds. The quantitative estimate of drug-likeness (QED) is 0.0109. The molecule has 0 aliphatic carbocycles. The average molecular weight is 1800 g/mol. The van der Waals surface area contributed by atoms with E-state index in [0.717, 1.165) is 0 Å². The highest BCUT2D eigenvalue weighted by Crippen LogP contribution is 2.21. The summed E-state index contributed by atoms with van der Waals surface area (Å²) in [5.74, 6) is -20.3. The lowest BCUT2D eigenvalue weighted by molar-refractivity contribution is -0.141. The number of aromatic nitrogens is 3. The van der Waals surface area contributed by atoms with Gasteiger partial charge in [0.1, 0.15) is 90.6 Å². The molecule has 44 nitrogen and oxygen atoms in total. The topological polar surface area (TPSA) is 693 Å². The van der Waals surface area contributed by atoms with Crippen LogP contribution in [0, 0.1) is 35.0 Å². The monoisotopic (exact) mass is 1800 g/mol. The van der Waals surface area contributed by atoms with E-state index in [4.69, 9.17) is 16.9 Å². The summed E-state index contributed by atoms with van der Waals surface area (Å²) in [5.41, 5.74) is 12.7. The Morgan fingerprint density at radius 2 is 0.832 bits per heavy atom. The van der Waals surface area contributed by atoms with Crippen LogP contribution in [-0.4, -0.2) is 271 Å². The molecule has 0 spiro atoms. The third kappa shape index (κ3) is 37.7. The maximum atomic E-state index is 15.1. The van der Waals surface area contributed by atoms with Gasteiger partial charge < -0.3 is 127 Å². The van der Waals surface area contributed by atoms with Crippen molar-refractivity contribution in [3.63, 3.8) is 0 Å². The summed E-state index contributed by atoms with van der Waals surface area (Å²) in [6, 6.07) is -16.1. The Hall–Kier alpha value is -11.7. The maximum Gasteiger partial charge on any atom is 0.327 e. The number of hydrogen-bond donors (Lipinski definition) is 27. The number of benzene rings is 1. The van der Waals surface area contributed by atoms with Crippen molar-refractivity contribution in [3.05, 3.63) is 54.2 Å². The van der Waals surface area contributed by atoms with Crippen LogP contribution >= 0.6 is 25.3 Å². The molecular weight excluding hydrogens is 1670 g/mol. The number of aromatic amines is 2. The Balaban J connectivity index is 1.91. The van der Waals surface area contributed by atoms with Gasteiger partial charge in [-0.3, -0.25) is 86.9 Å². The van der Waals surface area contributed by atoms with E-state index in [1.54, 1.807) is 99.7 Å². The number of amides is 16. The van der Waals surface area contributed by atoms with Crippen LogP contribution in [0.15, 0.2) is 43.0 Å². The smallest absolute Gasteiger partial charge is 0.327 e. The fourth-order valence-corrected chi connectivity index (χ4v) is 12.8. The highest BCUT2D eigenvalue weighted by Gasteiger charge is 2.39. The number of aliphatic carboxylic acids is 2. The summed E-state index contributed by atoms with van der Waals surface area (Å²) in [6.45, 7) is 20.2. The first-order chi connectivity index (χ1) is 58.6. The summed E-state index contributed by atoms with van der Waals surface area (Å²) >= 11 is 7.92. The van der Waals surface area contributed by atoms with Gasteiger partial charge in [-0.25, -0.2) is 9.78 Å². The highest BCUT2D eigenvalue weighted by atomic mass is 32.1. The molecule has 0 radical (unpaired) electrons. The molecule has 2 aromatic heterocycles. The Morgan fingerprint density at radius 3 is 1.31 bits per heavy atom. The molecule has 46 heteroatoms. The molecule has 27 N–H and O–H groups in total. The molecule has 125 heavy (non-hydrogen) atoms. The largest absolute Gasteiger partial charge is 0.481 e. The van der Waals surface area contributed by atoms with E-state index in [0.29, 0.717) is 22.2 Å². The molecule has 0 unspecified atom stereocenters. The van der Waals surface area contributed by atoms with Crippen LogP contribution in [0.25, 0.3) is 10.9 Å². The Kier molecular flexibility index (Phi) is 46.0. The van der Waals surface area contributed by atoms with Crippen LogP contribution in [0.1, 0.15) is 153 Å². The van der Waals surface area contributed by atoms with Gasteiger partial charge in [0.25, 0.3) is 0 Å². The van der Waals surface area contributed by atoms with Crippen LogP contribution in [0.4, 0.5) is 0 Å². The van der Waals surface area contributed by atoms with Crippen molar-refractivity contribution in [1.82, 2.24) is 105 Å². The van der Waals surface area contributed by atoms with Gasteiger partial charge in [-0.1, -0.05) is 87.4 Å². The zero-order valence-corrected chi connectivity index (χ0v) is 74.5. The van der Waals surface area contributed by atoms with Crippen LogP contribution < -0.4 is 102 Å². The second-order valence-corrected chi connectivity index (χ2v) is 33.1. The number of para-hydroxylation sites is 1. The van der Waals surface area contributed by atoms with E-state index in [9.17, 15) is 92.0 Å². The Labute approximate surface area is 735 Å². The SMILES string of the molecule is CC(C)C[C@H](NC(=O)[C@H](CC(C)C)NC(=O)[C@H](Cc1c[nH]c2ccccc12)NC(=O)[C@H](CCCNC(=N)N)NC(=O)[C@H](CCC(=O)O)NC(=O)[C@H](C)NC(=O)[C@@H](NC(=O)[C@H](CC(C)C)NC(=O)[C@@H](NC(=O)[C@H](C)NC(=O)CNC(=O)[C@@H](N)CS)C(C)C)C(C)C)C(=O)N[C@@H](CO)C(=O)N[C@@H](C)C(=O)N[C@@H](C)C(=O)N[C@@H](Cc1cnc[nH]1)C(=O)N[C@@H](CS)C(=O)O. The molecule has 3 rings (SSSR count). The number of carbonyl (C=O) groups is 18. The molecule has 0 fully saturated rings. The zero-order chi connectivity index (χ0) is 94.4. The van der Waals surface area contributed by atoms with E-state index < -0.39 is 247 Å². The first kappa shape index (κ1) is 108. The highest BCUT2D eigenvalue weighted by molar-refractivity contribution is 7.80. The Bertz CT molecular complexity index is 4210. The number of carboxylic acids is 2. The van der Waals surface area contributed by atoms with E-state index in [1.807, 2.05) is 0 Å². The molecule has 0 aliphatic heterocycles. The molecule has 2 heterocycles. The van der Waals surface area contributed by atoms with Crippen molar-refractivity contribution < 1.29 is 102 Å². The second-order valence-electron chi connectivity index (χ2n) is 32.3. The zero-order valence-electron chi connectivity index (χ0n) is 72.8. The van der Waals surface area contributed by atoms with Crippen LogP contribution in [0.2, 0.25) is 0 Å². The van der Waals surface area contributed by atoms with Crippen LogP contribution in [0.3, 0.4) is 0 Å². The number of H-pyrrole nitrogens is 2. The summed E-state index contributed by atoms with van der Waals surface area (Å²) in [6.07, 6.45) is 2.04. The first-order valence-corrected chi connectivity index (χ1v) is 42.3. The molecular formula is C79H127N23O21S2. The second kappa shape index (κ2) is 53.5. The van der Waals surface area contributed by atoms with Gasteiger partial charge in [0, 0.05) is 66.3 Å². The molecule has 16 atom stereocenters. The number of rotatable bonds is 55. The first-order valence-electron chi connectivity index (χ1n) is 41.1. The van der Waals surface area contributed by atoms with E-state index in [2.05, 4.69) is 131 Å². The summed E-state index contributed by atoms with van der Waals surface area (Å²) in [5, 5.41) is 80.9. The normalized spacial score (nSPS) is 15.2. The van der Waals surface area contributed by atoms with Crippen LogP contribution in [0.5, 0.6) is 0 Å². The predicted octanol–water partition coefficient (Wildman–Crippen LogP) is -5.01. The number of nitrogens with two attached hydrogens (primary N) is 2. The van der Waals surface area contributed by atoms with Gasteiger partial charge in [0.15, 0.2) is 5.96 Å². The third-order valence-corrected chi connectivity index (χ3v) is 20.1. The van der Waals surface area contributed by atoms with Crippen molar-refractivity contribution in [2.75, 3.05) is 31.2 Å². The summed E-state index contributed by atoms with van der Waals surface area (Å²) in [4.78, 5) is 256. The number of nitrogens with zero attached hydrogens (tertiary/aromatic N) is 1. The summed E-state index contributed by atoms with van der Waals surface area (Å²) in [7, 11) is 0. The van der Waals surface area contributed by atoms with Gasteiger partial charge in [0.05, 0.1) is 25.5 Å². The van der Waals surface area contributed by atoms with Gasteiger partial charge in [-0.2, -0.15) is 25.3 Å². The number of thiol groups is 2. The van der Waals surface area contributed by atoms with E-state index in [1.165, 1.54) is 40.2 Å². The number of fused-ring (bicyclic) bond motifs is 1. The lowest BCUT2D eigenvalue weighted by Crippen LogP contribution is -2.61. The number of carbonyl (C=O) groups excluding carboxylic acids is 16. The van der Waals surface area contributed by atoms with Gasteiger partial charge in [-0.15, -0.1) is 0 Å². The average Bonchev–Trinajstić information content (AvgIpc) is 1.70. The number of aliphatic hydroxyl groups is 1. The van der Waals surface area contributed by atoms with Crippen LogP contribution in [-0.2, 0) is 99.1 Å². The number of guanidine groups is 1. The fourth-order valence-electron chi connectivity index (χ4n) is 12.4. The lowest BCUT2D eigenvalue weighted by Gasteiger charge is -2.29. The minimum Gasteiger partial charge on any atom is -0.481 e. The number of aliphatic hydroxyl groups excluding tert-OH is 1. The Morgan fingerprint density at radius 1 is 0.440 bits per heavy atom. The van der Waals surface area contributed by atoms with Gasteiger partial charge >= 0.3 is 11.9 Å². The molecule has 0 saturated carbocycles. The number of nitrogens with one attached hydrogen (secondary N) is 20. The fraction of sp³-hybridized carbons (Fsp3) is 0.620.